The third kappa shape index (κ3) is 3.07. The van der Waals surface area contributed by atoms with E-state index < -0.39 is 0 Å². The van der Waals surface area contributed by atoms with E-state index in [1.807, 2.05) is 0 Å². The van der Waals surface area contributed by atoms with Crippen LogP contribution in [0.1, 0.15) is 11.1 Å². The molecule has 0 saturated carbocycles. The molecule has 0 radical (unpaired) electrons. The van der Waals surface area contributed by atoms with Gasteiger partial charge in [0.25, 0.3) is 0 Å². The first-order valence-electron chi connectivity index (χ1n) is 4.44. The Labute approximate surface area is 93.7 Å². The number of benzene rings is 1. The molecule has 1 aromatic carbocycles. The quantitative estimate of drug-likeness (QED) is 0.761. The van der Waals surface area contributed by atoms with Crippen molar-refractivity contribution in [2.24, 2.45) is 0 Å². The number of nitrogens with one attached hydrogen (secondary N) is 1. The molecule has 0 aliphatic heterocycles. The first-order chi connectivity index (χ1) is 7.22. The average molecular weight is 232 g/mol. The van der Waals surface area contributed by atoms with E-state index in [1.54, 1.807) is 26.4 Å². The predicted octanol–water partition coefficient (Wildman–Crippen LogP) is 1.97. The topological polar surface area (TPSA) is 50.7 Å². The van der Waals surface area contributed by atoms with E-state index in [9.17, 15) is 0 Å². The van der Waals surface area contributed by atoms with Crippen LogP contribution in [0, 0.1) is 0 Å². The number of methoxy groups -OCH3 is 2. The van der Waals surface area contributed by atoms with Crippen LogP contribution < -0.4 is 10.2 Å². The van der Waals surface area contributed by atoms with Gasteiger partial charge in [0.15, 0.2) is 0 Å². The molecule has 1 rings (SSSR count). The standard InChI is InChI=1S/C10H14ClNO3/c1-14-6-8-4-10(15-2)9(11)3-7(8)5-12-13/h3-4,12-13H,5-6H2,1-2H3. The lowest BCUT2D eigenvalue weighted by atomic mass is 10.1. The highest BCUT2D eigenvalue weighted by Crippen LogP contribution is 2.28. The van der Waals surface area contributed by atoms with Gasteiger partial charge in [-0.3, -0.25) is 0 Å². The molecule has 0 aliphatic carbocycles. The summed E-state index contributed by atoms with van der Waals surface area (Å²) in [4.78, 5) is 0. The Morgan fingerprint density at radius 3 is 2.60 bits per heavy atom. The summed E-state index contributed by atoms with van der Waals surface area (Å²) in [6.07, 6.45) is 0. The Balaban J connectivity index is 3.07. The molecule has 15 heavy (non-hydrogen) atoms. The lowest BCUT2D eigenvalue weighted by Gasteiger charge is -2.11. The van der Waals surface area contributed by atoms with Crippen molar-refractivity contribution in [1.29, 1.82) is 0 Å². The van der Waals surface area contributed by atoms with Crippen LogP contribution in [0.2, 0.25) is 5.02 Å². The smallest absolute Gasteiger partial charge is 0.137 e. The summed E-state index contributed by atoms with van der Waals surface area (Å²) in [6.45, 7) is 0.771. The molecule has 0 unspecified atom stereocenters. The van der Waals surface area contributed by atoms with Gasteiger partial charge in [0.05, 0.1) is 18.7 Å². The highest BCUT2D eigenvalue weighted by Gasteiger charge is 2.08. The minimum atomic E-state index is 0.322. The zero-order valence-corrected chi connectivity index (χ0v) is 9.47. The molecule has 0 spiro atoms. The molecular formula is C10H14ClNO3. The second-order valence-corrected chi connectivity index (χ2v) is 3.43. The van der Waals surface area contributed by atoms with Crippen LogP contribution in [0.3, 0.4) is 0 Å². The zero-order chi connectivity index (χ0) is 11.3. The zero-order valence-electron chi connectivity index (χ0n) is 8.71. The van der Waals surface area contributed by atoms with E-state index >= 15 is 0 Å². The summed E-state index contributed by atoms with van der Waals surface area (Å²) in [6, 6.07) is 3.55. The van der Waals surface area contributed by atoms with E-state index in [0.29, 0.717) is 23.9 Å². The normalized spacial score (nSPS) is 10.4. The number of rotatable bonds is 5. The van der Waals surface area contributed by atoms with Crippen LogP contribution in [-0.4, -0.2) is 19.4 Å². The van der Waals surface area contributed by atoms with E-state index in [-0.39, 0.29) is 0 Å². The van der Waals surface area contributed by atoms with Gasteiger partial charge in [-0.05, 0) is 23.3 Å². The van der Waals surface area contributed by atoms with Crippen molar-refractivity contribution < 1.29 is 14.7 Å². The van der Waals surface area contributed by atoms with Gasteiger partial charge in [0.1, 0.15) is 5.75 Å². The maximum Gasteiger partial charge on any atom is 0.137 e. The molecule has 4 nitrogen and oxygen atoms in total. The third-order valence-electron chi connectivity index (χ3n) is 2.04. The molecule has 0 saturated heterocycles. The van der Waals surface area contributed by atoms with Gasteiger partial charge in [-0.15, -0.1) is 0 Å². The van der Waals surface area contributed by atoms with Gasteiger partial charge in [-0.1, -0.05) is 11.6 Å². The van der Waals surface area contributed by atoms with Crippen molar-refractivity contribution in [3.05, 3.63) is 28.3 Å². The van der Waals surface area contributed by atoms with Gasteiger partial charge in [-0.25, -0.2) is 5.48 Å². The van der Waals surface area contributed by atoms with E-state index in [1.165, 1.54) is 0 Å². The molecule has 5 heteroatoms. The van der Waals surface area contributed by atoms with Crippen LogP contribution in [0.4, 0.5) is 0 Å². The highest BCUT2D eigenvalue weighted by atomic mass is 35.5. The van der Waals surface area contributed by atoms with Crippen molar-refractivity contribution in [3.63, 3.8) is 0 Å². The Kier molecular flexibility index (Phi) is 4.84. The summed E-state index contributed by atoms with van der Waals surface area (Å²) in [5, 5.41) is 9.18. The Bertz CT molecular complexity index is 331. The molecule has 84 valence electrons. The van der Waals surface area contributed by atoms with Crippen LogP contribution in [0.5, 0.6) is 5.75 Å². The molecule has 1 aromatic rings. The van der Waals surface area contributed by atoms with Crippen LogP contribution in [0.15, 0.2) is 12.1 Å². The SMILES string of the molecule is COCc1cc(OC)c(Cl)cc1CNO. The van der Waals surface area contributed by atoms with Crippen molar-refractivity contribution in [2.75, 3.05) is 14.2 Å². The second kappa shape index (κ2) is 5.92. The number of hydrogen-bond donors (Lipinski definition) is 2. The van der Waals surface area contributed by atoms with Gasteiger partial charge in [0.2, 0.25) is 0 Å². The van der Waals surface area contributed by atoms with E-state index in [0.717, 1.165) is 11.1 Å². The first-order valence-corrected chi connectivity index (χ1v) is 4.82. The minimum absolute atomic E-state index is 0.322. The summed E-state index contributed by atoms with van der Waals surface area (Å²) in [7, 11) is 3.17. The first kappa shape index (κ1) is 12.3. The Hall–Kier alpha value is -0.810. The number of ether oxygens (including phenoxy) is 2. The van der Waals surface area contributed by atoms with Crippen LogP contribution in [0.25, 0.3) is 0 Å². The second-order valence-electron chi connectivity index (χ2n) is 3.02. The van der Waals surface area contributed by atoms with Crippen molar-refractivity contribution in [3.8, 4) is 5.75 Å². The monoisotopic (exact) mass is 231 g/mol. The summed E-state index contributed by atoms with van der Waals surface area (Å²) >= 11 is 5.96. The average Bonchev–Trinajstić information content (AvgIpc) is 2.22. The van der Waals surface area contributed by atoms with E-state index in [2.05, 4.69) is 5.48 Å². The lowest BCUT2D eigenvalue weighted by molar-refractivity contribution is 0.157. The fourth-order valence-corrected chi connectivity index (χ4v) is 1.60. The Morgan fingerprint density at radius 2 is 2.07 bits per heavy atom. The number of halogens is 1. The van der Waals surface area contributed by atoms with E-state index in [4.69, 9.17) is 26.3 Å². The van der Waals surface area contributed by atoms with Gasteiger partial charge < -0.3 is 14.7 Å². The third-order valence-corrected chi connectivity index (χ3v) is 2.34. The fraction of sp³-hybridized carbons (Fsp3) is 0.400. The maximum absolute atomic E-state index is 8.66. The minimum Gasteiger partial charge on any atom is -0.495 e. The molecule has 2 N–H and O–H groups in total. The van der Waals surface area contributed by atoms with Crippen molar-refractivity contribution in [2.45, 2.75) is 13.2 Å². The lowest BCUT2D eigenvalue weighted by Crippen LogP contribution is -2.09. The summed E-state index contributed by atoms with van der Waals surface area (Å²) in [5.74, 6) is 0.602. The molecule has 0 aromatic heterocycles. The number of hydroxylamine groups is 1. The number of hydrogen-bond acceptors (Lipinski definition) is 4. The Morgan fingerprint density at radius 1 is 1.33 bits per heavy atom. The molecule has 0 bridgehead atoms. The van der Waals surface area contributed by atoms with Gasteiger partial charge in [-0.2, -0.15) is 0 Å². The van der Waals surface area contributed by atoms with Gasteiger partial charge >= 0.3 is 0 Å². The predicted molar refractivity (Wildman–Crippen MR) is 57.3 cm³/mol. The molecule has 0 amide bonds. The molecule has 0 aliphatic rings. The summed E-state index contributed by atoms with van der Waals surface area (Å²) < 4.78 is 10.1. The van der Waals surface area contributed by atoms with Crippen molar-refractivity contribution >= 4 is 11.6 Å². The fourth-order valence-electron chi connectivity index (χ4n) is 1.33. The molecular weight excluding hydrogens is 218 g/mol. The van der Waals surface area contributed by atoms with Gasteiger partial charge in [0, 0.05) is 13.7 Å². The highest BCUT2D eigenvalue weighted by molar-refractivity contribution is 6.32. The van der Waals surface area contributed by atoms with Crippen LogP contribution >= 0.6 is 11.6 Å². The van der Waals surface area contributed by atoms with Crippen LogP contribution in [-0.2, 0) is 17.9 Å². The largest absolute Gasteiger partial charge is 0.495 e. The van der Waals surface area contributed by atoms with Crippen molar-refractivity contribution in [1.82, 2.24) is 5.48 Å². The molecule has 0 fully saturated rings. The summed E-state index contributed by atoms with van der Waals surface area (Å²) in [5.41, 5.74) is 3.90. The molecule has 0 atom stereocenters. The molecule has 0 heterocycles. The maximum atomic E-state index is 8.66.